The van der Waals surface area contributed by atoms with Crippen LogP contribution >= 0.6 is 0 Å². The van der Waals surface area contributed by atoms with Crippen LogP contribution in [0.1, 0.15) is 24.0 Å². The van der Waals surface area contributed by atoms with E-state index in [9.17, 15) is 0 Å². The Kier molecular flexibility index (Phi) is 4.15. The lowest BCUT2D eigenvalue weighted by Gasteiger charge is -2.05. The second-order valence-corrected chi connectivity index (χ2v) is 4.57. The quantitative estimate of drug-likeness (QED) is 0.845. The lowest BCUT2D eigenvalue weighted by Crippen LogP contribution is -2.09. The molecule has 0 amide bonds. The molecule has 2 rings (SSSR count). The summed E-state index contributed by atoms with van der Waals surface area (Å²) in [5.41, 5.74) is 8.09. The van der Waals surface area contributed by atoms with Gasteiger partial charge in [0.05, 0.1) is 6.04 Å². The van der Waals surface area contributed by atoms with E-state index in [1.165, 1.54) is 11.1 Å². The van der Waals surface area contributed by atoms with Gasteiger partial charge in [0, 0.05) is 6.42 Å². The Morgan fingerprint density at radius 1 is 1.35 bits per heavy atom. The van der Waals surface area contributed by atoms with Gasteiger partial charge in [0.1, 0.15) is 6.61 Å². The van der Waals surface area contributed by atoms with Crippen molar-refractivity contribution in [2.45, 2.75) is 32.2 Å². The van der Waals surface area contributed by atoms with E-state index >= 15 is 0 Å². The highest BCUT2D eigenvalue weighted by molar-refractivity contribution is 5.77. The number of aryl methyl sites for hydroxylation is 1. The summed E-state index contributed by atoms with van der Waals surface area (Å²) < 4.78 is 5.56. The van der Waals surface area contributed by atoms with Gasteiger partial charge >= 0.3 is 0 Å². The van der Waals surface area contributed by atoms with Crippen molar-refractivity contribution >= 4 is 5.90 Å². The standard InChI is InChI=1S/C14H20N2O/c1-11-4-6-12(7-5-11)9-13-10-17-14(16-13)3-2-8-15/h4-7,13H,2-3,8-10,15H2,1H3. The van der Waals surface area contributed by atoms with E-state index < -0.39 is 0 Å². The highest BCUT2D eigenvalue weighted by Gasteiger charge is 2.18. The third-order valence-corrected chi connectivity index (χ3v) is 2.96. The maximum atomic E-state index is 5.56. The molecule has 0 aromatic heterocycles. The first-order valence-electron chi connectivity index (χ1n) is 6.23. The zero-order valence-electron chi connectivity index (χ0n) is 10.4. The first-order valence-corrected chi connectivity index (χ1v) is 6.23. The molecule has 1 heterocycles. The van der Waals surface area contributed by atoms with E-state index in [0.29, 0.717) is 13.2 Å². The number of rotatable bonds is 5. The van der Waals surface area contributed by atoms with Gasteiger partial charge in [0.2, 0.25) is 0 Å². The SMILES string of the molecule is Cc1ccc(CC2COC(CCCN)=N2)cc1. The molecule has 1 unspecified atom stereocenters. The maximum absolute atomic E-state index is 5.56. The number of nitrogens with zero attached hydrogens (tertiary/aromatic N) is 1. The normalized spacial score (nSPS) is 18.9. The second kappa shape index (κ2) is 5.82. The van der Waals surface area contributed by atoms with Crippen molar-refractivity contribution in [1.82, 2.24) is 0 Å². The van der Waals surface area contributed by atoms with Crippen LogP contribution in [0.15, 0.2) is 29.3 Å². The minimum absolute atomic E-state index is 0.283. The molecule has 0 aliphatic carbocycles. The molecule has 0 saturated carbocycles. The second-order valence-electron chi connectivity index (χ2n) is 4.57. The molecular formula is C14H20N2O. The molecule has 1 atom stereocenters. The Morgan fingerprint density at radius 2 is 2.12 bits per heavy atom. The Labute approximate surface area is 103 Å². The van der Waals surface area contributed by atoms with Crippen molar-refractivity contribution in [1.29, 1.82) is 0 Å². The lowest BCUT2D eigenvalue weighted by atomic mass is 10.1. The summed E-state index contributed by atoms with van der Waals surface area (Å²) in [7, 11) is 0. The molecule has 0 radical (unpaired) electrons. The highest BCUT2D eigenvalue weighted by atomic mass is 16.5. The Balaban J connectivity index is 1.88. The zero-order chi connectivity index (χ0) is 12.1. The molecule has 92 valence electrons. The lowest BCUT2D eigenvalue weighted by molar-refractivity contribution is 0.308. The van der Waals surface area contributed by atoms with Gasteiger partial charge in [-0.1, -0.05) is 29.8 Å². The van der Waals surface area contributed by atoms with Crippen LogP contribution in [0, 0.1) is 6.92 Å². The molecule has 1 aromatic rings. The molecule has 0 fully saturated rings. The molecule has 0 bridgehead atoms. The predicted octanol–water partition coefficient (Wildman–Crippen LogP) is 2.07. The minimum atomic E-state index is 0.283. The van der Waals surface area contributed by atoms with Crippen LogP contribution in [0.4, 0.5) is 0 Å². The number of aliphatic imine (C=N–C) groups is 1. The molecule has 3 nitrogen and oxygen atoms in total. The number of hydrogen-bond donors (Lipinski definition) is 1. The van der Waals surface area contributed by atoms with Crippen LogP contribution in [-0.4, -0.2) is 25.1 Å². The fourth-order valence-corrected chi connectivity index (χ4v) is 1.96. The van der Waals surface area contributed by atoms with Gasteiger partial charge in [-0.3, -0.25) is 0 Å². The number of benzene rings is 1. The Hall–Kier alpha value is -1.35. The molecule has 1 aliphatic rings. The van der Waals surface area contributed by atoms with Gasteiger partial charge in [0.25, 0.3) is 0 Å². The largest absolute Gasteiger partial charge is 0.479 e. The van der Waals surface area contributed by atoms with Crippen LogP contribution in [0.3, 0.4) is 0 Å². The van der Waals surface area contributed by atoms with Crippen molar-refractivity contribution < 1.29 is 4.74 Å². The molecular weight excluding hydrogens is 212 g/mol. The topological polar surface area (TPSA) is 47.6 Å². The van der Waals surface area contributed by atoms with E-state index in [1.54, 1.807) is 0 Å². The van der Waals surface area contributed by atoms with E-state index in [4.69, 9.17) is 10.5 Å². The summed E-state index contributed by atoms with van der Waals surface area (Å²) in [6.07, 6.45) is 2.80. The fraction of sp³-hybridized carbons (Fsp3) is 0.500. The molecule has 0 saturated heterocycles. The number of nitrogens with two attached hydrogens (primary N) is 1. The van der Waals surface area contributed by atoms with Gasteiger partial charge in [-0.25, -0.2) is 4.99 Å². The van der Waals surface area contributed by atoms with Crippen molar-refractivity contribution in [3.63, 3.8) is 0 Å². The average molecular weight is 232 g/mol. The van der Waals surface area contributed by atoms with Crippen molar-refractivity contribution in [2.24, 2.45) is 10.7 Å². The van der Waals surface area contributed by atoms with E-state index in [1.807, 2.05) is 0 Å². The molecule has 17 heavy (non-hydrogen) atoms. The molecule has 2 N–H and O–H groups in total. The van der Waals surface area contributed by atoms with E-state index in [2.05, 4.69) is 36.2 Å². The smallest absolute Gasteiger partial charge is 0.183 e. The van der Waals surface area contributed by atoms with Crippen LogP contribution < -0.4 is 5.73 Å². The van der Waals surface area contributed by atoms with E-state index in [-0.39, 0.29) is 6.04 Å². The summed E-state index contributed by atoms with van der Waals surface area (Å²) in [4.78, 5) is 4.58. The highest BCUT2D eigenvalue weighted by Crippen LogP contribution is 2.14. The van der Waals surface area contributed by atoms with Gasteiger partial charge in [0.15, 0.2) is 5.90 Å². The van der Waals surface area contributed by atoms with Gasteiger partial charge < -0.3 is 10.5 Å². The van der Waals surface area contributed by atoms with Crippen LogP contribution in [0.5, 0.6) is 0 Å². The van der Waals surface area contributed by atoms with Gasteiger partial charge in [-0.15, -0.1) is 0 Å². The van der Waals surface area contributed by atoms with Gasteiger partial charge in [-0.05, 0) is 31.9 Å². The summed E-state index contributed by atoms with van der Waals surface area (Å²) in [5.74, 6) is 0.882. The summed E-state index contributed by atoms with van der Waals surface area (Å²) in [5, 5.41) is 0. The summed E-state index contributed by atoms with van der Waals surface area (Å²) >= 11 is 0. The monoisotopic (exact) mass is 232 g/mol. The van der Waals surface area contributed by atoms with Crippen LogP contribution in [0.25, 0.3) is 0 Å². The average Bonchev–Trinajstić information content (AvgIpc) is 2.77. The van der Waals surface area contributed by atoms with Crippen molar-refractivity contribution in [3.05, 3.63) is 35.4 Å². The van der Waals surface area contributed by atoms with Gasteiger partial charge in [-0.2, -0.15) is 0 Å². The van der Waals surface area contributed by atoms with E-state index in [0.717, 1.165) is 25.2 Å². The fourth-order valence-electron chi connectivity index (χ4n) is 1.96. The summed E-state index contributed by atoms with van der Waals surface area (Å²) in [6.45, 7) is 3.52. The van der Waals surface area contributed by atoms with Crippen molar-refractivity contribution in [3.8, 4) is 0 Å². The molecule has 1 aliphatic heterocycles. The summed E-state index contributed by atoms with van der Waals surface area (Å²) in [6, 6.07) is 8.91. The molecule has 1 aromatic carbocycles. The third kappa shape index (κ3) is 3.56. The minimum Gasteiger partial charge on any atom is -0.479 e. The van der Waals surface area contributed by atoms with Crippen LogP contribution in [-0.2, 0) is 11.2 Å². The third-order valence-electron chi connectivity index (χ3n) is 2.96. The Bertz CT molecular complexity index is 384. The Morgan fingerprint density at radius 3 is 2.82 bits per heavy atom. The number of ether oxygens (including phenoxy) is 1. The van der Waals surface area contributed by atoms with Crippen LogP contribution in [0.2, 0.25) is 0 Å². The maximum Gasteiger partial charge on any atom is 0.183 e. The molecule has 3 heteroatoms. The number of hydrogen-bond acceptors (Lipinski definition) is 3. The molecule has 0 spiro atoms. The zero-order valence-corrected chi connectivity index (χ0v) is 10.4. The predicted molar refractivity (Wildman–Crippen MR) is 70.3 cm³/mol. The first-order chi connectivity index (χ1) is 8.28. The van der Waals surface area contributed by atoms with Crippen molar-refractivity contribution in [2.75, 3.05) is 13.2 Å². The first kappa shape index (κ1) is 12.1.